The zero-order valence-corrected chi connectivity index (χ0v) is 16.6. The molecule has 1 aliphatic heterocycles. The van der Waals surface area contributed by atoms with Gasteiger partial charge in [0.15, 0.2) is 0 Å². The van der Waals surface area contributed by atoms with Crippen molar-refractivity contribution in [1.29, 1.82) is 0 Å². The van der Waals surface area contributed by atoms with Crippen molar-refractivity contribution in [2.45, 2.75) is 56.9 Å². The van der Waals surface area contributed by atoms with Crippen LogP contribution in [0.25, 0.3) is 0 Å². The predicted octanol–water partition coefficient (Wildman–Crippen LogP) is 4.97. The Kier molecular flexibility index (Phi) is 5.47. The fourth-order valence-electron chi connectivity index (χ4n) is 4.55. The normalized spacial score (nSPS) is 17.8. The lowest BCUT2D eigenvalue weighted by Crippen LogP contribution is -2.43. The van der Waals surface area contributed by atoms with Crippen molar-refractivity contribution < 1.29 is 9.53 Å². The first-order valence-corrected chi connectivity index (χ1v) is 10.3. The topological polar surface area (TPSA) is 41.9 Å². The quantitative estimate of drug-likeness (QED) is 0.714. The fraction of sp³-hybridized carbons (Fsp3) is 0.417. The lowest BCUT2D eigenvalue weighted by Gasteiger charge is -2.32. The van der Waals surface area contributed by atoms with Crippen LogP contribution in [0.3, 0.4) is 0 Å². The van der Waals surface area contributed by atoms with Gasteiger partial charge in [-0.1, -0.05) is 55.3 Å². The number of rotatable bonds is 6. The summed E-state index contributed by atoms with van der Waals surface area (Å²) in [5.74, 6) is 0.990. The Bertz CT molecular complexity index is 854. The molecule has 0 atom stereocenters. The molecule has 4 rings (SSSR count). The SMILES string of the molecule is COc1cccc(C2=NN(C(=O)CCCc3ccccc3)C3(CCCC3)C2)c1. The molecule has 0 bridgehead atoms. The summed E-state index contributed by atoms with van der Waals surface area (Å²) in [6.07, 6.45) is 7.64. The van der Waals surface area contributed by atoms with Gasteiger partial charge in [-0.25, -0.2) is 5.01 Å². The van der Waals surface area contributed by atoms with Crippen molar-refractivity contribution in [3.8, 4) is 5.75 Å². The first-order chi connectivity index (χ1) is 13.7. The van der Waals surface area contributed by atoms with Gasteiger partial charge in [-0.15, -0.1) is 0 Å². The predicted molar refractivity (Wildman–Crippen MR) is 112 cm³/mol. The van der Waals surface area contributed by atoms with Crippen LogP contribution in [0.1, 0.15) is 56.1 Å². The lowest BCUT2D eigenvalue weighted by molar-refractivity contribution is -0.136. The molecule has 2 aromatic rings. The monoisotopic (exact) mass is 376 g/mol. The van der Waals surface area contributed by atoms with Gasteiger partial charge < -0.3 is 4.74 Å². The van der Waals surface area contributed by atoms with Crippen molar-refractivity contribution in [3.05, 3.63) is 65.7 Å². The second kappa shape index (κ2) is 8.17. The van der Waals surface area contributed by atoms with Crippen LogP contribution >= 0.6 is 0 Å². The third-order valence-corrected chi connectivity index (χ3v) is 6.04. The number of amides is 1. The van der Waals surface area contributed by atoms with Crippen LogP contribution in [-0.4, -0.2) is 29.3 Å². The van der Waals surface area contributed by atoms with E-state index >= 15 is 0 Å². The van der Waals surface area contributed by atoms with Gasteiger partial charge in [0.05, 0.1) is 18.4 Å². The first kappa shape index (κ1) is 18.7. The molecule has 2 aromatic carbocycles. The Morgan fingerprint density at radius 1 is 1.11 bits per heavy atom. The number of aryl methyl sites for hydroxylation is 1. The lowest BCUT2D eigenvalue weighted by atomic mass is 9.89. The van der Waals surface area contributed by atoms with Crippen molar-refractivity contribution in [1.82, 2.24) is 5.01 Å². The number of nitrogens with zero attached hydrogens (tertiary/aromatic N) is 2. The van der Waals surface area contributed by atoms with Gasteiger partial charge in [-0.3, -0.25) is 4.79 Å². The van der Waals surface area contributed by atoms with E-state index in [1.807, 2.05) is 29.3 Å². The Morgan fingerprint density at radius 2 is 1.89 bits per heavy atom. The van der Waals surface area contributed by atoms with Gasteiger partial charge in [0, 0.05) is 18.4 Å². The number of methoxy groups -OCH3 is 1. The van der Waals surface area contributed by atoms with Crippen LogP contribution in [0.5, 0.6) is 5.75 Å². The minimum Gasteiger partial charge on any atom is -0.497 e. The second-order valence-corrected chi connectivity index (χ2v) is 7.93. The number of ether oxygens (including phenoxy) is 1. The van der Waals surface area contributed by atoms with Crippen LogP contribution in [0, 0.1) is 0 Å². The van der Waals surface area contributed by atoms with Crippen molar-refractivity contribution in [2.24, 2.45) is 5.10 Å². The molecule has 1 fully saturated rings. The Morgan fingerprint density at radius 3 is 2.64 bits per heavy atom. The summed E-state index contributed by atoms with van der Waals surface area (Å²) in [4.78, 5) is 13.1. The molecule has 0 saturated heterocycles. The van der Waals surface area contributed by atoms with Crippen LogP contribution in [0.4, 0.5) is 0 Å². The van der Waals surface area contributed by atoms with Crippen LogP contribution in [0.15, 0.2) is 59.7 Å². The van der Waals surface area contributed by atoms with Gasteiger partial charge in [0.2, 0.25) is 5.91 Å². The number of carbonyl (C=O) groups is 1. The number of hydrogen-bond acceptors (Lipinski definition) is 3. The van der Waals surface area contributed by atoms with Gasteiger partial charge >= 0.3 is 0 Å². The maximum Gasteiger partial charge on any atom is 0.243 e. The Hall–Kier alpha value is -2.62. The van der Waals surface area contributed by atoms with Gasteiger partial charge in [-0.05, 0) is 43.4 Å². The summed E-state index contributed by atoms with van der Waals surface area (Å²) in [6.45, 7) is 0. The van der Waals surface area contributed by atoms with E-state index in [2.05, 4.69) is 30.3 Å². The molecule has 1 heterocycles. The van der Waals surface area contributed by atoms with E-state index in [1.54, 1.807) is 7.11 Å². The Balaban J connectivity index is 1.49. The Labute approximate surface area is 167 Å². The van der Waals surface area contributed by atoms with Crippen LogP contribution in [0.2, 0.25) is 0 Å². The molecule has 1 aliphatic carbocycles. The van der Waals surface area contributed by atoms with E-state index in [4.69, 9.17) is 9.84 Å². The average molecular weight is 377 g/mol. The molecule has 4 heteroatoms. The highest BCUT2D eigenvalue weighted by Crippen LogP contribution is 2.43. The van der Waals surface area contributed by atoms with E-state index in [1.165, 1.54) is 18.4 Å². The van der Waals surface area contributed by atoms with Crippen molar-refractivity contribution >= 4 is 11.6 Å². The standard InChI is InChI=1S/C24H28N2O2/c1-28-21-13-8-12-20(17-21)22-18-24(15-5-6-16-24)26(25-22)23(27)14-7-11-19-9-3-2-4-10-19/h2-4,8-10,12-13,17H,5-7,11,14-16,18H2,1H3. The third-order valence-electron chi connectivity index (χ3n) is 6.04. The molecule has 0 aromatic heterocycles. The van der Waals surface area contributed by atoms with E-state index < -0.39 is 0 Å². The highest BCUT2D eigenvalue weighted by molar-refractivity contribution is 6.04. The smallest absolute Gasteiger partial charge is 0.243 e. The highest BCUT2D eigenvalue weighted by atomic mass is 16.5. The van der Waals surface area contributed by atoms with Crippen LogP contribution in [-0.2, 0) is 11.2 Å². The summed E-state index contributed by atoms with van der Waals surface area (Å²) in [6, 6.07) is 18.4. The van der Waals surface area contributed by atoms with Gasteiger partial charge in [0.25, 0.3) is 0 Å². The largest absolute Gasteiger partial charge is 0.497 e. The molecule has 28 heavy (non-hydrogen) atoms. The second-order valence-electron chi connectivity index (χ2n) is 7.93. The van der Waals surface area contributed by atoms with E-state index in [0.29, 0.717) is 6.42 Å². The summed E-state index contributed by atoms with van der Waals surface area (Å²) in [7, 11) is 1.68. The van der Waals surface area contributed by atoms with Crippen molar-refractivity contribution in [2.75, 3.05) is 7.11 Å². The number of carbonyl (C=O) groups excluding carboxylic acids is 1. The van der Waals surface area contributed by atoms with E-state index in [9.17, 15) is 4.79 Å². The molecule has 2 aliphatic rings. The molecular weight excluding hydrogens is 348 g/mol. The van der Waals surface area contributed by atoms with Gasteiger partial charge in [0.1, 0.15) is 5.75 Å². The summed E-state index contributed by atoms with van der Waals surface area (Å²) in [5, 5.41) is 6.69. The maximum absolute atomic E-state index is 13.1. The molecule has 4 nitrogen and oxygen atoms in total. The van der Waals surface area contributed by atoms with E-state index in [-0.39, 0.29) is 11.4 Å². The zero-order chi connectivity index (χ0) is 19.4. The zero-order valence-electron chi connectivity index (χ0n) is 16.6. The van der Waals surface area contributed by atoms with Crippen LogP contribution < -0.4 is 4.74 Å². The average Bonchev–Trinajstić information content (AvgIpc) is 3.36. The molecule has 1 spiro atoms. The van der Waals surface area contributed by atoms with E-state index in [0.717, 1.165) is 49.1 Å². The molecule has 1 saturated carbocycles. The number of benzene rings is 2. The molecule has 0 N–H and O–H groups in total. The minimum atomic E-state index is -0.109. The van der Waals surface area contributed by atoms with Crippen molar-refractivity contribution in [3.63, 3.8) is 0 Å². The summed E-state index contributed by atoms with van der Waals surface area (Å²) < 4.78 is 5.37. The fourth-order valence-corrected chi connectivity index (χ4v) is 4.55. The molecular formula is C24H28N2O2. The minimum absolute atomic E-state index is 0.109. The van der Waals surface area contributed by atoms with Gasteiger partial charge in [-0.2, -0.15) is 5.10 Å². The number of hydrazone groups is 1. The summed E-state index contributed by atoms with van der Waals surface area (Å²) >= 11 is 0. The molecule has 0 radical (unpaired) electrons. The molecule has 0 unspecified atom stereocenters. The highest BCUT2D eigenvalue weighted by Gasteiger charge is 2.47. The first-order valence-electron chi connectivity index (χ1n) is 10.3. The number of hydrogen-bond donors (Lipinski definition) is 0. The summed E-state index contributed by atoms with van der Waals surface area (Å²) in [5.41, 5.74) is 3.25. The molecule has 1 amide bonds. The maximum atomic E-state index is 13.1. The third kappa shape index (κ3) is 3.82. The molecule has 146 valence electrons.